The van der Waals surface area contributed by atoms with Gasteiger partial charge >= 0.3 is 0 Å². The van der Waals surface area contributed by atoms with Gasteiger partial charge in [0.15, 0.2) is 6.29 Å². The molecule has 0 aromatic carbocycles. The van der Waals surface area contributed by atoms with Crippen LogP contribution < -0.4 is 0 Å². The lowest BCUT2D eigenvalue weighted by atomic mass is 9.91. The van der Waals surface area contributed by atoms with E-state index in [1.165, 1.54) is 0 Å². The number of rotatable bonds is 1. The van der Waals surface area contributed by atoms with Gasteiger partial charge in [-0.1, -0.05) is 13.8 Å². The van der Waals surface area contributed by atoms with Crippen molar-refractivity contribution >= 4 is 11.6 Å². The molecule has 1 N–H and O–H groups in total. The summed E-state index contributed by atoms with van der Waals surface area (Å²) < 4.78 is 5.26. The maximum atomic E-state index is 9.37. The van der Waals surface area contributed by atoms with Crippen molar-refractivity contribution in [3.8, 4) is 0 Å². The predicted molar refractivity (Wildman–Crippen MR) is 44.6 cm³/mol. The number of aliphatic hydroxyl groups is 1. The molecule has 1 saturated heterocycles. The first-order chi connectivity index (χ1) is 5.00. The van der Waals surface area contributed by atoms with Gasteiger partial charge in [0.2, 0.25) is 0 Å². The number of hydrogen-bond donors (Lipinski definition) is 1. The van der Waals surface area contributed by atoms with Crippen LogP contribution in [-0.2, 0) is 4.74 Å². The smallest absolute Gasteiger partial charge is 0.174 e. The van der Waals surface area contributed by atoms with Crippen LogP contribution >= 0.6 is 11.6 Å². The summed E-state index contributed by atoms with van der Waals surface area (Å²) in [6, 6.07) is 0. The molecule has 4 atom stereocenters. The highest BCUT2D eigenvalue weighted by molar-refractivity contribution is 6.24. The first kappa shape index (κ1) is 9.30. The first-order valence-corrected chi connectivity index (χ1v) is 4.40. The Balaban J connectivity index is 2.71. The molecule has 1 rings (SSSR count). The van der Waals surface area contributed by atoms with E-state index in [2.05, 4.69) is 0 Å². The summed E-state index contributed by atoms with van der Waals surface area (Å²) in [6.07, 6.45) is 0.192. The molecule has 1 unspecified atom stereocenters. The normalized spacial score (nSPS) is 51.5. The monoisotopic (exact) mass is 178 g/mol. The van der Waals surface area contributed by atoms with Crippen LogP contribution in [0.3, 0.4) is 0 Å². The fraction of sp³-hybridized carbons (Fsp3) is 1.00. The van der Waals surface area contributed by atoms with Gasteiger partial charge < -0.3 is 9.84 Å². The lowest BCUT2D eigenvalue weighted by Gasteiger charge is -2.22. The van der Waals surface area contributed by atoms with Gasteiger partial charge in [0.25, 0.3) is 0 Å². The highest BCUT2D eigenvalue weighted by Gasteiger charge is 2.48. The minimum atomic E-state index is -0.816. The van der Waals surface area contributed by atoms with E-state index < -0.39 is 11.2 Å². The van der Waals surface area contributed by atoms with Crippen molar-refractivity contribution in [1.82, 2.24) is 0 Å². The summed E-state index contributed by atoms with van der Waals surface area (Å²) in [5, 5.41) is 9.37. The molecule has 0 bridgehead atoms. The van der Waals surface area contributed by atoms with E-state index in [-0.39, 0.29) is 12.0 Å². The van der Waals surface area contributed by atoms with Crippen molar-refractivity contribution in [2.75, 3.05) is 0 Å². The van der Waals surface area contributed by atoms with Gasteiger partial charge in [-0.15, -0.1) is 11.6 Å². The van der Waals surface area contributed by atoms with Gasteiger partial charge in [0.1, 0.15) is 0 Å². The molecule has 0 radical (unpaired) electrons. The number of alkyl halides is 1. The Hall–Kier alpha value is 0.210. The van der Waals surface area contributed by atoms with Crippen LogP contribution in [0.25, 0.3) is 0 Å². The van der Waals surface area contributed by atoms with Gasteiger partial charge in [-0.05, 0) is 13.3 Å². The third-order valence-corrected chi connectivity index (χ3v) is 3.17. The Kier molecular flexibility index (Phi) is 2.47. The maximum Gasteiger partial charge on any atom is 0.174 e. The molecular weight excluding hydrogens is 164 g/mol. The fourth-order valence-electron chi connectivity index (χ4n) is 1.45. The molecule has 1 aliphatic heterocycles. The Morgan fingerprint density at radius 2 is 2.18 bits per heavy atom. The Labute approximate surface area is 72.5 Å². The lowest BCUT2D eigenvalue weighted by Crippen LogP contribution is -2.33. The number of ether oxygens (including phenoxy) is 1. The van der Waals surface area contributed by atoms with Crippen molar-refractivity contribution in [3.63, 3.8) is 0 Å². The second-order valence-electron chi connectivity index (χ2n) is 3.38. The zero-order valence-corrected chi connectivity index (χ0v) is 7.93. The molecule has 3 heteroatoms. The molecule has 0 aromatic heterocycles. The molecular formula is C8H15ClO2. The minimum Gasteiger partial charge on any atom is -0.366 e. The largest absolute Gasteiger partial charge is 0.366 e. The summed E-state index contributed by atoms with van der Waals surface area (Å²) >= 11 is 6.07. The van der Waals surface area contributed by atoms with Crippen molar-refractivity contribution in [1.29, 1.82) is 0 Å². The van der Waals surface area contributed by atoms with Crippen LogP contribution in [0.15, 0.2) is 0 Å². The molecule has 11 heavy (non-hydrogen) atoms. The predicted octanol–water partition coefficient (Wildman–Crippen LogP) is 1.75. The fourth-order valence-corrected chi connectivity index (χ4v) is 1.65. The van der Waals surface area contributed by atoms with Crippen LogP contribution in [0.4, 0.5) is 0 Å². The third kappa shape index (κ3) is 1.40. The van der Waals surface area contributed by atoms with Crippen molar-refractivity contribution in [2.24, 2.45) is 5.92 Å². The molecule has 0 amide bonds. The van der Waals surface area contributed by atoms with Crippen molar-refractivity contribution < 1.29 is 9.84 Å². The van der Waals surface area contributed by atoms with E-state index in [1.807, 2.05) is 20.8 Å². The van der Waals surface area contributed by atoms with Gasteiger partial charge in [-0.3, -0.25) is 0 Å². The minimum absolute atomic E-state index is 0.104. The van der Waals surface area contributed by atoms with Crippen molar-refractivity contribution in [3.05, 3.63) is 0 Å². The van der Waals surface area contributed by atoms with Crippen molar-refractivity contribution in [2.45, 2.75) is 44.5 Å². The zero-order valence-electron chi connectivity index (χ0n) is 7.17. The van der Waals surface area contributed by atoms with Gasteiger partial charge in [0.05, 0.1) is 11.0 Å². The van der Waals surface area contributed by atoms with E-state index in [0.29, 0.717) is 0 Å². The van der Waals surface area contributed by atoms with Crippen LogP contribution in [-0.4, -0.2) is 22.4 Å². The number of halogens is 1. The zero-order chi connectivity index (χ0) is 8.65. The molecule has 66 valence electrons. The standard InChI is InChI=1S/C8H15ClO2/c1-4-6-5(2)8(3,9)7(10)11-6/h5-7,10H,4H2,1-3H3/t5-,6-,7?,8-/m1/s1. The Bertz CT molecular complexity index is 147. The van der Waals surface area contributed by atoms with Crippen LogP contribution in [0, 0.1) is 5.92 Å². The van der Waals surface area contributed by atoms with Gasteiger partial charge in [0, 0.05) is 5.92 Å². The van der Waals surface area contributed by atoms with E-state index in [9.17, 15) is 5.11 Å². The Morgan fingerprint density at radius 1 is 1.64 bits per heavy atom. The second kappa shape index (κ2) is 2.92. The van der Waals surface area contributed by atoms with E-state index in [4.69, 9.17) is 16.3 Å². The van der Waals surface area contributed by atoms with Crippen LogP contribution in [0.2, 0.25) is 0 Å². The van der Waals surface area contributed by atoms with E-state index >= 15 is 0 Å². The maximum absolute atomic E-state index is 9.37. The summed E-state index contributed by atoms with van der Waals surface area (Å²) in [4.78, 5) is -0.610. The number of aliphatic hydroxyl groups excluding tert-OH is 1. The first-order valence-electron chi connectivity index (χ1n) is 4.02. The second-order valence-corrected chi connectivity index (χ2v) is 4.19. The summed E-state index contributed by atoms with van der Waals surface area (Å²) in [6.45, 7) is 5.86. The molecule has 1 heterocycles. The molecule has 2 nitrogen and oxygen atoms in total. The van der Waals surface area contributed by atoms with Gasteiger partial charge in [-0.25, -0.2) is 0 Å². The molecule has 0 spiro atoms. The molecule has 0 aromatic rings. The average molecular weight is 179 g/mol. The van der Waals surface area contributed by atoms with E-state index in [0.717, 1.165) is 6.42 Å². The Morgan fingerprint density at radius 3 is 2.36 bits per heavy atom. The van der Waals surface area contributed by atoms with Crippen LogP contribution in [0.5, 0.6) is 0 Å². The van der Waals surface area contributed by atoms with Crippen LogP contribution in [0.1, 0.15) is 27.2 Å². The summed E-state index contributed by atoms with van der Waals surface area (Å²) in [5.74, 6) is 0.212. The highest BCUT2D eigenvalue weighted by atomic mass is 35.5. The molecule has 0 aliphatic carbocycles. The quantitative estimate of drug-likeness (QED) is 0.620. The highest BCUT2D eigenvalue weighted by Crippen LogP contribution is 2.40. The molecule has 1 fully saturated rings. The third-order valence-electron chi connectivity index (χ3n) is 2.64. The summed E-state index contributed by atoms with van der Waals surface area (Å²) in [5.41, 5.74) is 0. The van der Waals surface area contributed by atoms with E-state index in [1.54, 1.807) is 0 Å². The molecule has 1 aliphatic rings. The average Bonchev–Trinajstić information content (AvgIpc) is 2.14. The van der Waals surface area contributed by atoms with Gasteiger partial charge in [-0.2, -0.15) is 0 Å². The lowest BCUT2D eigenvalue weighted by molar-refractivity contribution is -0.101. The topological polar surface area (TPSA) is 29.5 Å². The number of hydrogen-bond acceptors (Lipinski definition) is 2. The SMILES string of the molecule is CC[C@H]1OC(O)[C@](C)(Cl)[C@@H]1C. The molecule has 0 saturated carbocycles. The summed E-state index contributed by atoms with van der Waals surface area (Å²) in [7, 11) is 0.